The van der Waals surface area contributed by atoms with E-state index in [9.17, 15) is 4.39 Å². The number of benzene rings is 1. The molecule has 1 nitrogen and oxygen atoms in total. The molecule has 0 spiro atoms. The molecule has 2 N–H and O–H groups in total. The van der Waals surface area contributed by atoms with Crippen molar-refractivity contribution in [3.05, 3.63) is 35.1 Å². The molecule has 2 rings (SSSR count). The Kier molecular flexibility index (Phi) is 2.31. The summed E-state index contributed by atoms with van der Waals surface area (Å²) in [6.45, 7) is 2.46. The molecule has 2 heteroatoms. The van der Waals surface area contributed by atoms with Gasteiger partial charge in [-0.2, -0.15) is 0 Å². The summed E-state index contributed by atoms with van der Waals surface area (Å²) in [7, 11) is 0. The first-order valence-corrected chi connectivity index (χ1v) is 5.15. The summed E-state index contributed by atoms with van der Waals surface area (Å²) < 4.78 is 13.8. The molecule has 14 heavy (non-hydrogen) atoms. The molecule has 76 valence electrons. The lowest BCUT2D eigenvalue weighted by Gasteiger charge is -2.16. The Balaban J connectivity index is 2.37. The largest absolute Gasteiger partial charge is 0.330 e. The fourth-order valence-electron chi connectivity index (χ4n) is 2.14. The minimum absolute atomic E-state index is 0.0292. The molecular formula is C12H16FN. The van der Waals surface area contributed by atoms with E-state index in [1.54, 1.807) is 0 Å². The van der Waals surface area contributed by atoms with E-state index >= 15 is 0 Å². The minimum Gasteiger partial charge on any atom is -0.330 e. The van der Waals surface area contributed by atoms with E-state index in [-0.39, 0.29) is 11.2 Å². The van der Waals surface area contributed by atoms with Gasteiger partial charge in [0, 0.05) is 0 Å². The SMILES string of the molecule is Cc1cccc(C2(CCN)CC2)c1F. The maximum atomic E-state index is 13.8. The molecule has 1 fully saturated rings. The molecule has 1 aliphatic carbocycles. The van der Waals surface area contributed by atoms with Gasteiger partial charge in [-0.1, -0.05) is 18.2 Å². The van der Waals surface area contributed by atoms with Gasteiger partial charge in [0.05, 0.1) is 0 Å². The summed E-state index contributed by atoms with van der Waals surface area (Å²) in [6, 6.07) is 5.66. The molecule has 0 atom stereocenters. The van der Waals surface area contributed by atoms with E-state index in [0.717, 1.165) is 30.4 Å². The lowest BCUT2D eigenvalue weighted by molar-refractivity contribution is 0.545. The van der Waals surface area contributed by atoms with Crippen molar-refractivity contribution in [1.29, 1.82) is 0 Å². The van der Waals surface area contributed by atoms with Gasteiger partial charge in [-0.25, -0.2) is 4.39 Å². The van der Waals surface area contributed by atoms with E-state index in [4.69, 9.17) is 5.73 Å². The zero-order valence-electron chi connectivity index (χ0n) is 8.52. The standard InChI is InChI=1S/C12H16FN/c1-9-3-2-4-10(11(9)13)12(5-6-12)7-8-14/h2-4H,5-8,14H2,1H3. The van der Waals surface area contributed by atoms with Crippen LogP contribution in [0.1, 0.15) is 30.4 Å². The highest BCUT2D eigenvalue weighted by atomic mass is 19.1. The maximum absolute atomic E-state index is 13.8. The van der Waals surface area contributed by atoms with E-state index < -0.39 is 0 Å². The van der Waals surface area contributed by atoms with Crippen LogP contribution in [0.4, 0.5) is 4.39 Å². The average Bonchev–Trinajstić information content (AvgIpc) is 2.91. The summed E-state index contributed by atoms with van der Waals surface area (Å²) in [5.74, 6) is -0.0292. The fourth-order valence-corrected chi connectivity index (χ4v) is 2.14. The van der Waals surface area contributed by atoms with Crippen LogP contribution in [0.3, 0.4) is 0 Å². The van der Waals surface area contributed by atoms with Crippen LogP contribution in [-0.4, -0.2) is 6.54 Å². The van der Waals surface area contributed by atoms with Gasteiger partial charge in [0.15, 0.2) is 0 Å². The van der Waals surface area contributed by atoms with Crippen LogP contribution in [-0.2, 0) is 5.41 Å². The zero-order valence-corrected chi connectivity index (χ0v) is 8.52. The number of hydrogen-bond donors (Lipinski definition) is 1. The summed E-state index contributed by atoms with van der Waals surface area (Å²) in [5.41, 5.74) is 7.25. The Bertz CT molecular complexity index is 342. The van der Waals surface area contributed by atoms with Crippen molar-refractivity contribution < 1.29 is 4.39 Å². The summed E-state index contributed by atoms with van der Waals surface area (Å²) in [5, 5.41) is 0. The monoisotopic (exact) mass is 193 g/mol. The highest BCUT2D eigenvalue weighted by molar-refractivity contribution is 5.35. The number of hydrogen-bond acceptors (Lipinski definition) is 1. The van der Waals surface area contributed by atoms with Crippen LogP contribution in [0.25, 0.3) is 0 Å². The topological polar surface area (TPSA) is 26.0 Å². The lowest BCUT2D eigenvalue weighted by atomic mass is 9.91. The second kappa shape index (κ2) is 3.35. The Morgan fingerprint density at radius 2 is 2.14 bits per heavy atom. The third-order valence-corrected chi connectivity index (χ3v) is 3.24. The van der Waals surface area contributed by atoms with Gasteiger partial charge in [-0.15, -0.1) is 0 Å². The van der Waals surface area contributed by atoms with E-state index in [1.165, 1.54) is 0 Å². The molecule has 1 aromatic rings. The summed E-state index contributed by atoms with van der Waals surface area (Å²) in [4.78, 5) is 0. The van der Waals surface area contributed by atoms with Gasteiger partial charge in [-0.3, -0.25) is 0 Å². The first-order chi connectivity index (χ1) is 6.69. The van der Waals surface area contributed by atoms with Crippen molar-refractivity contribution in [2.45, 2.75) is 31.6 Å². The van der Waals surface area contributed by atoms with E-state index in [0.29, 0.717) is 6.54 Å². The quantitative estimate of drug-likeness (QED) is 0.784. The predicted octanol–water partition coefficient (Wildman–Crippen LogP) is 2.51. The lowest BCUT2D eigenvalue weighted by Crippen LogP contribution is -2.15. The highest BCUT2D eigenvalue weighted by Crippen LogP contribution is 2.51. The third kappa shape index (κ3) is 1.44. The zero-order chi connectivity index (χ0) is 10.2. The van der Waals surface area contributed by atoms with Gasteiger partial charge < -0.3 is 5.73 Å². The Hall–Kier alpha value is -0.890. The van der Waals surface area contributed by atoms with Crippen molar-refractivity contribution in [3.63, 3.8) is 0 Å². The average molecular weight is 193 g/mol. The molecule has 0 bridgehead atoms. The molecule has 0 aliphatic heterocycles. The smallest absolute Gasteiger partial charge is 0.129 e. The first kappa shape index (κ1) is 9.66. The molecule has 0 amide bonds. The number of rotatable bonds is 3. The van der Waals surface area contributed by atoms with Gasteiger partial charge in [0.2, 0.25) is 0 Å². The number of halogens is 1. The minimum atomic E-state index is -0.0292. The van der Waals surface area contributed by atoms with Crippen LogP contribution in [0.2, 0.25) is 0 Å². The van der Waals surface area contributed by atoms with Crippen molar-refractivity contribution in [1.82, 2.24) is 0 Å². The Morgan fingerprint density at radius 1 is 1.43 bits per heavy atom. The van der Waals surface area contributed by atoms with Crippen LogP contribution in [0.15, 0.2) is 18.2 Å². The van der Waals surface area contributed by atoms with E-state index in [2.05, 4.69) is 0 Å². The number of aryl methyl sites for hydroxylation is 1. The van der Waals surface area contributed by atoms with Crippen LogP contribution >= 0.6 is 0 Å². The van der Waals surface area contributed by atoms with Crippen molar-refractivity contribution in [2.75, 3.05) is 6.54 Å². The fraction of sp³-hybridized carbons (Fsp3) is 0.500. The third-order valence-electron chi connectivity index (χ3n) is 3.24. The normalized spacial score (nSPS) is 18.2. The molecule has 1 aliphatic rings. The predicted molar refractivity (Wildman–Crippen MR) is 55.7 cm³/mol. The molecule has 0 radical (unpaired) electrons. The van der Waals surface area contributed by atoms with Gasteiger partial charge >= 0.3 is 0 Å². The van der Waals surface area contributed by atoms with Crippen molar-refractivity contribution in [2.24, 2.45) is 5.73 Å². The van der Waals surface area contributed by atoms with Crippen molar-refractivity contribution >= 4 is 0 Å². The van der Waals surface area contributed by atoms with E-state index in [1.807, 2.05) is 25.1 Å². The van der Waals surface area contributed by atoms with Crippen LogP contribution in [0.5, 0.6) is 0 Å². The maximum Gasteiger partial charge on any atom is 0.129 e. The number of nitrogens with two attached hydrogens (primary N) is 1. The molecule has 0 aromatic heterocycles. The molecule has 0 unspecified atom stereocenters. The van der Waals surface area contributed by atoms with Crippen molar-refractivity contribution in [3.8, 4) is 0 Å². The summed E-state index contributed by atoms with van der Waals surface area (Å²) >= 11 is 0. The Labute approximate surface area is 84.1 Å². The summed E-state index contributed by atoms with van der Waals surface area (Å²) in [6.07, 6.45) is 3.09. The van der Waals surface area contributed by atoms with Crippen LogP contribution < -0.4 is 5.73 Å². The van der Waals surface area contributed by atoms with Crippen LogP contribution in [0, 0.1) is 12.7 Å². The second-order valence-corrected chi connectivity index (χ2v) is 4.26. The second-order valence-electron chi connectivity index (χ2n) is 4.26. The molecule has 0 saturated heterocycles. The van der Waals surface area contributed by atoms with Gasteiger partial charge in [-0.05, 0) is 49.3 Å². The molecule has 1 saturated carbocycles. The van der Waals surface area contributed by atoms with Gasteiger partial charge in [0.1, 0.15) is 5.82 Å². The van der Waals surface area contributed by atoms with Gasteiger partial charge in [0.25, 0.3) is 0 Å². The molecule has 1 aromatic carbocycles. The molecule has 0 heterocycles. The Morgan fingerprint density at radius 3 is 2.71 bits per heavy atom. The highest BCUT2D eigenvalue weighted by Gasteiger charge is 2.45. The molecular weight excluding hydrogens is 177 g/mol. The first-order valence-electron chi connectivity index (χ1n) is 5.15.